The van der Waals surface area contributed by atoms with Crippen molar-refractivity contribution in [2.75, 3.05) is 13.2 Å². The van der Waals surface area contributed by atoms with Crippen molar-refractivity contribution in [2.24, 2.45) is 11.7 Å². The topological polar surface area (TPSA) is 61.5 Å². The minimum Gasteiger partial charge on any atom is -0.465 e. The molecule has 0 fully saturated rings. The van der Waals surface area contributed by atoms with E-state index in [4.69, 9.17) is 15.2 Å². The fourth-order valence-corrected chi connectivity index (χ4v) is 2.23. The molecule has 4 nitrogen and oxygen atoms in total. The van der Waals surface area contributed by atoms with E-state index in [1.807, 2.05) is 6.92 Å². The fourth-order valence-electron chi connectivity index (χ4n) is 2.23. The number of ether oxygens (including phenoxy) is 2. The molecule has 0 aliphatic rings. The van der Waals surface area contributed by atoms with Gasteiger partial charge in [-0.1, -0.05) is 33.1 Å². The van der Waals surface area contributed by atoms with Gasteiger partial charge in [0, 0.05) is 13.0 Å². The van der Waals surface area contributed by atoms with Crippen molar-refractivity contribution in [2.45, 2.75) is 78.4 Å². The summed E-state index contributed by atoms with van der Waals surface area (Å²) in [5, 5.41) is 0. The highest BCUT2D eigenvalue weighted by Crippen LogP contribution is 2.17. The van der Waals surface area contributed by atoms with Gasteiger partial charge in [0.1, 0.15) is 5.54 Å². The summed E-state index contributed by atoms with van der Waals surface area (Å²) >= 11 is 0. The van der Waals surface area contributed by atoms with Gasteiger partial charge in [0.25, 0.3) is 0 Å². The second kappa shape index (κ2) is 10.2. The summed E-state index contributed by atoms with van der Waals surface area (Å²) in [6.45, 7) is 11.0. The van der Waals surface area contributed by atoms with Crippen LogP contribution in [0, 0.1) is 5.92 Å². The Morgan fingerprint density at radius 1 is 1.30 bits per heavy atom. The zero-order valence-electron chi connectivity index (χ0n) is 13.9. The number of carbonyl (C=O) groups excluding carboxylic acids is 1. The number of nitrogens with two attached hydrogens (primary N) is 1. The predicted octanol–water partition coefficient (Wildman–Crippen LogP) is 3.28. The van der Waals surface area contributed by atoms with E-state index in [2.05, 4.69) is 13.8 Å². The smallest absolute Gasteiger partial charge is 0.325 e. The molecule has 0 aromatic carbocycles. The van der Waals surface area contributed by atoms with E-state index in [0.29, 0.717) is 18.9 Å². The number of rotatable bonds is 11. The zero-order valence-corrected chi connectivity index (χ0v) is 13.9. The Morgan fingerprint density at radius 3 is 2.45 bits per heavy atom. The summed E-state index contributed by atoms with van der Waals surface area (Å²) in [7, 11) is 0. The highest BCUT2D eigenvalue weighted by molar-refractivity contribution is 5.80. The van der Waals surface area contributed by atoms with Crippen LogP contribution in [0.3, 0.4) is 0 Å². The third kappa shape index (κ3) is 7.85. The van der Waals surface area contributed by atoms with Crippen LogP contribution in [0.4, 0.5) is 0 Å². The van der Waals surface area contributed by atoms with Crippen LogP contribution >= 0.6 is 0 Å². The summed E-state index contributed by atoms with van der Waals surface area (Å²) in [6, 6.07) is 0. The van der Waals surface area contributed by atoms with Crippen LogP contribution in [-0.4, -0.2) is 30.8 Å². The normalized spacial score (nSPS) is 17.3. The first-order chi connectivity index (χ1) is 9.37. The molecular formula is C16H33NO3. The quantitative estimate of drug-likeness (QED) is 0.592. The number of esters is 1. The van der Waals surface area contributed by atoms with Gasteiger partial charge in [-0.05, 0) is 33.1 Å². The van der Waals surface area contributed by atoms with Gasteiger partial charge in [-0.15, -0.1) is 0 Å². The van der Waals surface area contributed by atoms with Crippen LogP contribution in [0.1, 0.15) is 66.7 Å². The Labute approximate surface area is 124 Å². The van der Waals surface area contributed by atoms with Gasteiger partial charge >= 0.3 is 5.97 Å². The third-order valence-corrected chi connectivity index (χ3v) is 3.61. The lowest BCUT2D eigenvalue weighted by Crippen LogP contribution is -2.48. The zero-order chi connectivity index (χ0) is 15.6. The number of hydrogen-bond donors (Lipinski definition) is 1. The van der Waals surface area contributed by atoms with E-state index >= 15 is 0 Å². The van der Waals surface area contributed by atoms with E-state index in [1.165, 1.54) is 19.3 Å². The Hall–Kier alpha value is -0.610. The molecule has 0 spiro atoms. The monoisotopic (exact) mass is 287 g/mol. The highest BCUT2D eigenvalue weighted by atomic mass is 16.5. The highest BCUT2D eigenvalue weighted by Gasteiger charge is 2.32. The van der Waals surface area contributed by atoms with Crippen LogP contribution in [0.5, 0.6) is 0 Å². The first kappa shape index (κ1) is 19.4. The number of hydrogen-bond acceptors (Lipinski definition) is 4. The summed E-state index contributed by atoms with van der Waals surface area (Å²) in [6.07, 6.45) is 5.24. The van der Waals surface area contributed by atoms with Crippen LogP contribution in [0.25, 0.3) is 0 Å². The standard InChI is InChI=1S/C16H33NO3/c1-6-9-10-14(7-2)12-20-13(4)11-16(5,17)15(18)19-8-3/h13-14H,6-12,17H2,1-5H3. The SMILES string of the molecule is CCCCC(CC)COC(C)CC(C)(N)C(=O)OCC. The molecule has 0 aliphatic heterocycles. The van der Waals surface area contributed by atoms with Crippen molar-refractivity contribution < 1.29 is 14.3 Å². The van der Waals surface area contributed by atoms with Crippen molar-refractivity contribution in [3.8, 4) is 0 Å². The van der Waals surface area contributed by atoms with Crippen molar-refractivity contribution in [1.82, 2.24) is 0 Å². The van der Waals surface area contributed by atoms with Gasteiger partial charge in [0.05, 0.1) is 12.7 Å². The second-order valence-corrected chi connectivity index (χ2v) is 5.90. The molecule has 0 radical (unpaired) electrons. The van der Waals surface area contributed by atoms with Crippen molar-refractivity contribution in [3.05, 3.63) is 0 Å². The maximum atomic E-state index is 11.7. The Kier molecular flexibility index (Phi) is 9.86. The van der Waals surface area contributed by atoms with Gasteiger partial charge in [-0.25, -0.2) is 0 Å². The summed E-state index contributed by atoms with van der Waals surface area (Å²) in [5.74, 6) is 0.248. The average Bonchev–Trinajstić information content (AvgIpc) is 2.38. The lowest BCUT2D eigenvalue weighted by atomic mass is 9.96. The fraction of sp³-hybridized carbons (Fsp3) is 0.938. The van der Waals surface area contributed by atoms with Gasteiger partial charge in [0.15, 0.2) is 0 Å². The molecule has 0 saturated heterocycles. The molecule has 3 atom stereocenters. The molecule has 3 unspecified atom stereocenters. The Bertz CT molecular complexity index is 266. The minimum absolute atomic E-state index is 0.0370. The lowest BCUT2D eigenvalue weighted by Gasteiger charge is -2.27. The van der Waals surface area contributed by atoms with Gasteiger partial charge in [-0.3, -0.25) is 4.79 Å². The number of unbranched alkanes of at least 4 members (excludes halogenated alkanes) is 1. The maximum Gasteiger partial charge on any atom is 0.325 e. The summed E-state index contributed by atoms with van der Waals surface area (Å²) in [5.41, 5.74) is 5.04. The van der Waals surface area contributed by atoms with E-state index in [9.17, 15) is 4.79 Å². The molecular weight excluding hydrogens is 254 g/mol. The van der Waals surface area contributed by atoms with Gasteiger partial charge in [-0.2, -0.15) is 0 Å². The number of carbonyl (C=O) groups is 1. The molecule has 0 bridgehead atoms. The minimum atomic E-state index is -0.972. The molecule has 20 heavy (non-hydrogen) atoms. The molecule has 0 saturated carbocycles. The molecule has 0 rings (SSSR count). The molecule has 0 aliphatic carbocycles. The van der Waals surface area contributed by atoms with Crippen LogP contribution < -0.4 is 5.73 Å². The summed E-state index contributed by atoms with van der Waals surface area (Å²) < 4.78 is 10.9. The van der Waals surface area contributed by atoms with Crippen molar-refractivity contribution >= 4 is 5.97 Å². The molecule has 4 heteroatoms. The summed E-state index contributed by atoms with van der Waals surface area (Å²) in [4.78, 5) is 11.7. The Morgan fingerprint density at radius 2 is 1.95 bits per heavy atom. The van der Waals surface area contributed by atoms with Crippen LogP contribution in [0.15, 0.2) is 0 Å². The van der Waals surface area contributed by atoms with Crippen molar-refractivity contribution in [1.29, 1.82) is 0 Å². The van der Waals surface area contributed by atoms with Gasteiger partial charge < -0.3 is 15.2 Å². The van der Waals surface area contributed by atoms with Crippen LogP contribution in [0.2, 0.25) is 0 Å². The average molecular weight is 287 g/mol. The lowest BCUT2D eigenvalue weighted by molar-refractivity contribution is -0.150. The predicted molar refractivity (Wildman–Crippen MR) is 82.6 cm³/mol. The Balaban J connectivity index is 4.13. The maximum absolute atomic E-state index is 11.7. The van der Waals surface area contributed by atoms with Crippen LogP contribution in [-0.2, 0) is 14.3 Å². The molecule has 0 aromatic rings. The first-order valence-corrected chi connectivity index (χ1v) is 7.95. The second-order valence-electron chi connectivity index (χ2n) is 5.90. The van der Waals surface area contributed by atoms with Crippen molar-refractivity contribution in [3.63, 3.8) is 0 Å². The molecule has 0 heterocycles. The molecule has 120 valence electrons. The van der Waals surface area contributed by atoms with E-state index in [1.54, 1.807) is 13.8 Å². The van der Waals surface area contributed by atoms with E-state index in [0.717, 1.165) is 13.0 Å². The first-order valence-electron chi connectivity index (χ1n) is 7.95. The molecule has 0 amide bonds. The largest absolute Gasteiger partial charge is 0.465 e. The molecule has 2 N–H and O–H groups in total. The van der Waals surface area contributed by atoms with E-state index < -0.39 is 5.54 Å². The van der Waals surface area contributed by atoms with E-state index in [-0.39, 0.29) is 12.1 Å². The third-order valence-electron chi connectivity index (χ3n) is 3.61. The molecule has 0 aromatic heterocycles. The van der Waals surface area contributed by atoms with Gasteiger partial charge in [0.2, 0.25) is 0 Å².